The van der Waals surface area contributed by atoms with Crippen LogP contribution in [0, 0.1) is 0 Å². The molecule has 0 radical (unpaired) electrons. The number of rotatable bonds is 27. The molecular weight excluding hydrogens is 474 g/mol. The van der Waals surface area contributed by atoms with Gasteiger partial charge in [0.05, 0.1) is 27.2 Å². The predicted octanol–water partition coefficient (Wildman–Crippen LogP) is 9.93. The lowest BCUT2D eigenvalue weighted by atomic mass is 10.0. The number of unbranched alkanes of at least 4 members (excludes halogenated alkanes) is 15. The van der Waals surface area contributed by atoms with E-state index >= 15 is 0 Å². The topological polar surface area (TPSA) is 27.7 Å². The minimum atomic E-state index is -2.67. The van der Waals surface area contributed by atoms with Crippen LogP contribution < -0.4 is 0 Å². The van der Waals surface area contributed by atoms with Crippen LogP contribution in [-0.2, 0) is 13.3 Å². The Morgan fingerprint density at radius 3 is 1.08 bits per heavy atom. The van der Waals surface area contributed by atoms with Crippen molar-refractivity contribution in [1.29, 1.82) is 0 Å². The molecule has 0 saturated carbocycles. The Labute approximate surface area is 235 Å². The Balaban J connectivity index is 3.95. The van der Waals surface area contributed by atoms with Gasteiger partial charge in [-0.3, -0.25) is 0 Å². The van der Waals surface area contributed by atoms with Gasteiger partial charge in [0.2, 0.25) is 0 Å². The third kappa shape index (κ3) is 23.6. The van der Waals surface area contributed by atoms with E-state index in [9.17, 15) is 0 Å². The molecule has 37 heavy (non-hydrogen) atoms. The molecule has 0 aromatic rings. The highest BCUT2D eigenvalue weighted by Crippen LogP contribution is 2.24. The summed E-state index contributed by atoms with van der Waals surface area (Å²) in [5.74, 6) is 0. The zero-order chi connectivity index (χ0) is 28.0. The molecule has 0 aromatic heterocycles. The Morgan fingerprint density at radius 2 is 0.757 bits per heavy atom. The lowest BCUT2D eigenvalue weighted by molar-refractivity contribution is -0.890. The normalized spacial score (nSPS) is 13.0. The van der Waals surface area contributed by atoms with Gasteiger partial charge >= 0.3 is 8.80 Å². The Morgan fingerprint density at radius 1 is 0.459 bits per heavy atom. The summed E-state index contributed by atoms with van der Waals surface area (Å²) in [5.41, 5.74) is 0. The molecule has 224 valence electrons. The molecule has 0 N–H and O–H groups in total. The van der Waals surface area contributed by atoms with E-state index < -0.39 is 8.80 Å². The van der Waals surface area contributed by atoms with Crippen molar-refractivity contribution >= 4 is 8.80 Å². The molecule has 5 heteroatoms. The fourth-order valence-electron chi connectivity index (χ4n) is 5.26. The van der Waals surface area contributed by atoms with Gasteiger partial charge in [0.25, 0.3) is 0 Å². The highest BCUT2D eigenvalue weighted by molar-refractivity contribution is 6.60. The molecule has 4 nitrogen and oxygen atoms in total. The van der Waals surface area contributed by atoms with Gasteiger partial charge in [0.1, 0.15) is 0 Å². The summed E-state index contributed by atoms with van der Waals surface area (Å²) in [7, 11) is 2.09. The minimum Gasteiger partial charge on any atom is -0.371 e. The monoisotopic (exact) mass is 545 g/mol. The molecule has 0 atom stereocenters. The van der Waals surface area contributed by atoms with Gasteiger partial charge in [-0.15, -0.1) is 0 Å². The SMILES string of the molecule is CCCCCCCCCCCCCCCCCC[N+](C)(C)CCC[Si](OC(C)C)(OC(C)C)OC(C)C. The van der Waals surface area contributed by atoms with Crippen LogP contribution >= 0.6 is 0 Å². The maximum Gasteiger partial charge on any atom is 0.501 e. The number of hydrogen-bond donors (Lipinski definition) is 0. The smallest absolute Gasteiger partial charge is 0.371 e. The second-order valence-corrected chi connectivity index (χ2v) is 15.5. The molecule has 0 unspecified atom stereocenters. The summed E-state index contributed by atoms with van der Waals surface area (Å²) < 4.78 is 20.1. The molecular formula is C32H70NO3Si+. The first kappa shape index (κ1) is 37.1. The largest absolute Gasteiger partial charge is 0.501 e. The quantitative estimate of drug-likeness (QED) is 0.0585. The van der Waals surface area contributed by atoms with Crippen molar-refractivity contribution in [2.24, 2.45) is 0 Å². The molecule has 0 bridgehead atoms. The first-order chi connectivity index (χ1) is 17.5. The summed E-state index contributed by atoms with van der Waals surface area (Å²) >= 11 is 0. The first-order valence-electron chi connectivity index (χ1n) is 16.4. The minimum absolute atomic E-state index is 0.122. The standard InChI is InChI=1S/C32H70NO3Si/c1-10-11-12-13-14-15-16-17-18-19-20-21-22-23-24-25-27-33(8,9)28-26-29-37(34-30(2)3,35-31(4)5)36-32(6)7/h30-32H,10-29H2,1-9H3/q+1. The summed E-state index contributed by atoms with van der Waals surface area (Å²) in [6.45, 7) is 17.2. The van der Waals surface area contributed by atoms with E-state index in [1.54, 1.807) is 0 Å². The maximum absolute atomic E-state index is 6.36. The van der Waals surface area contributed by atoms with Gasteiger partial charge in [-0.1, -0.05) is 96.8 Å². The highest BCUT2D eigenvalue weighted by Gasteiger charge is 2.44. The number of nitrogens with zero attached hydrogens (tertiary/aromatic N) is 1. The van der Waals surface area contributed by atoms with E-state index in [4.69, 9.17) is 13.3 Å². The van der Waals surface area contributed by atoms with Gasteiger partial charge < -0.3 is 17.8 Å². The van der Waals surface area contributed by atoms with Gasteiger partial charge in [-0.05, 0) is 54.4 Å². The average molecular weight is 545 g/mol. The van der Waals surface area contributed by atoms with Crippen LogP contribution in [0.4, 0.5) is 0 Å². The lowest BCUT2D eigenvalue weighted by Gasteiger charge is -2.36. The van der Waals surface area contributed by atoms with Gasteiger partial charge in [-0.2, -0.15) is 0 Å². The lowest BCUT2D eigenvalue weighted by Crippen LogP contribution is -2.51. The zero-order valence-corrected chi connectivity index (χ0v) is 28.0. The van der Waals surface area contributed by atoms with Crippen LogP contribution in [0.1, 0.15) is 158 Å². The average Bonchev–Trinajstić information content (AvgIpc) is 2.77. The summed E-state index contributed by atoms with van der Waals surface area (Å²) in [6.07, 6.45) is 24.3. The van der Waals surface area contributed by atoms with E-state index in [2.05, 4.69) is 62.6 Å². The van der Waals surface area contributed by atoms with Crippen molar-refractivity contribution in [1.82, 2.24) is 0 Å². The van der Waals surface area contributed by atoms with Crippen LogP contribution in [0.3, 0.4) is 0 Å². The van der Waals surface area contributed by atoms with Gasteiger partial charge in [0, 0.05) is 30.8 Å². The second kappa shape index (κ2) is 22.8. The third-order valence-electron chi connectivity index (χ3n) is 7.11. The zero-order valence-electron chi connectivity index (χ0n) is 27.0. The molecule has 0 aliphatic rings. The third-order valence-corrected chi connectivity index (χ3v) is 10.6. The highest BCUT2D eigenvalue weighted by atomic mass is 28.4. The van der Waals surface area contributed by atoms with E-state index in [-0.39, 0.29) is 18.3 Å². The molecule has 0 aliphatic carbocycles. The van der Waals surface area contributed by atoms with Gasteiger partial charge in [-0.25, -0.2) is 0 Å². The molecule has 0 fully saturated rings. The molecule has 0 amide bonds. The molecule has 0 aliphatic heterocycles. The molecule has 0 aromatic carbocycles. The molecule has 0 spiro atoms. The fraction of sp³-hybridized carbons (Fsp3) is 1.00. The van der Waals surface area contributed by atoms with Crippen molar-refractivity contribution in [3.63, 3.8) is 0 Å². The molecule has 0 saturated heterocycles. The summed E-state index contributed by atoms with van der Waals surface area (Å²) in [6, 6.07) is 0.905. The number of hydrogen-bond acceptors (Lipinski definition) is 3. The van der Waals surface area contributed by atoms with E-state index in [0.29, 0.717) is 0 Å². The van der Waals surface area contributed by atoms with Crippen LogP contribution in [-0.4, -0.2) is 58.8 Å². The Kier molecular flexibility index (Phi) is 22.9. The Hall–Kier alpha value is 0.0569. The first-order valence-corrected chi connectivity index (χ1v) is 18.3. The predicted molar refractivity (Wildman–Crippen MR) is 165 cm³/mol. The van der Waals surface area contributed by atoms with Crippen LogP contribution in [0.25, 0.3) is 0 Å². The maximum atomic E-state index is 6.36. The van der Waals surface area contributed by atoms with Crippen LogP contribution in [0.2, 0.25) is 6.04 Å². The number of quaternary nitrogens is 1. The van der Waals surface area contributed by atoms with Crippen molar-refractivity contribution < 1.29 is 17.8 Å². The fourth-order valence-corrected chi connectivity index (χ4v) is 8.53. The van der Waals surface area contributed by atoms with Crippen LogP contribution in [0.15, 0.2) is 0 Å². The second-order valence-electron chi connectivity index (χ2n) is 13.0. The Bertz CT molecular complexity index is 470. The molecule has 0 rings (SSSR count). The summed E-state index contributed by atoms with van der Waals surface area (Å²) in [5, 5.41) is 0. The van der Waals surface area contributed by atoms with Crippen LogP contribution in [0.5, 0.6) is 0 Å². The van der Waals surface area contributed by atoms with Crippen molar-refractivity contribution in [2.75, 3.05) is 27.2 Å². The van der Waals surface area contributed by atoms with Gasteiger partial charge in [0.15, 0.2) is 0 Å². The molecule has 0 heterocycles. The van der Waals surface area contributed by atoms with Crippen molar-refractivity contribution in [3.8, 4) is 0 Å². The van der Waals surface area contributed by atoms with E-state index in [0.717, 1.165) is 23.5 Å². The van der Waals surface area contributed by atoms with E-state index in [1.807, 2.05) is 0 Å². The van der Waals surface area contributed by atoms with Crippen molar-refractivity contribution in [2.45, 2.75) is 182 Å². The van der Waals surface area contributed by atoms with E-state index in [1.165, 1.54) is 109 Å². The summed E-state index contributed by atoms with van der Waals surface area (Å²) in [4.78, 5) is 0. The van der Waals surface area contributed by atoms with Crippen molar-refractivity contribution in [3.05, 3.63) is 0 Å².